The number of ether oxygens (including phenoxy) is 2. The lowest BCUT2D eigenvalue weighted by atomic mass is 9.95. The summed E-state index contributed by atoms with van der Waals surface area (Å²) in [5.41, 5.74) is -0.273. The lowest BCUT2D eigenvalue weighted by molar-refractivity contribution is -0.120. The Morgan fingerprint density at radius 3 is 2.54 bits per heavy atom. The summed E-state index contributed by atoms with van der Waals surface area (Å²) in [5.74, 6) is -2.01. The van der Waals surface area contributed by atoms with Gasteiger partial charge in [0.1, 0.15) is 23.0 Å². The Balaban J connectivity index is 1.50. The monoisotopic (exact) mass is 667 g/mol. The van der Waals surface area contributed by atoms with E-state index in [4.69, 9.17) is 9.47 Å². The van der Waals surface area contributed by atoms with Gasteiger partial charge < -0.3 is 34.3 Å². The number of nitrogens with one attached hydrogen (secondary N) is 1. The second-order valence-electron chi connectivity index (χ2n) is 12.5. The van der Waals surface area contributed by atoms with E-state index >= 15 is 4.39 Å². The Morgan fingerprint density at radius 1 is 1.17 bits per heavy atom. The number of carboxylic acid groups (broad SMARTS) is 1. The van der Waals surface area contributed by atoms with Crippen LogP contribution in [-0.2, 0) is 9.53 Å². The second kappa shape index (κ2) is 12.3. The number of piperazine rings is 1. The van der Waals surface area contributed by atoms with Crippen LogP contribution in [0.3, 0.4) is 0 Å². The summed E-state index contributed by atoms with van der Waals surface area (Å²) in [7, 11) is 1.49. The van der Waals surface area contributed by atoms with Crippen LogP contribution in [-0.4, -0.2) is 86.4 Å². The van der Waals surface area contributed by atoms with E-state index in [2.05, 4.69) is 20.3 Å². The largest absolute Gasteiger partial charge is 0.478 e. The summed E-state index contributed by atoms with van der Waals surface area (Å²) < 4.78 is 54.9. The maximum absolute atomic E-state index is 15.7. The van der Waals surface area contributed by atoms with Crippen molar-refractivity contribution >= 4 is 35.0 Å². The Bertz CT molecular complexity index is 1910. The van der Waals surface area contributed by atoms with Gasteiger partial charge in [-0.25, -0.2) is 28.9 Å². The van der Waals surface area contributed by atoms with Crippen molar-refractivity contribution in [3.05, 3.63) is 65.5 Å². The number of benzene rings is 2. The molecule has 1 unspecified atom stereocenters. The molecule has 48 heavy (non-hydrogen) atoms. The van der Waals surface area contributed by atoms with Crippen molar-refractivity contribution in [2.45, 2.75) is 51.5 Å². The number of amides is 2. The first-order valence-electron chi connectivity index (χ1n) is 15.0. The molecule has 1 saturated heterocycles. The predicted molar refractivity (Wildman–Crippen MR) is 165 cm³/mol. The molecule has 4 heterocycles. The van der Waals surface area contributed by atoms with Gasteiger partial charge in [-0.2, -0.15) is 8.78 Å². The normalized spacial score (nSPS) is 17.8. The van der Waals surface area contributed by atoms with E-state index in [9.17, 15) is 28.3 Å². The first kappa shape index (κ1) is 32.5. The number of aromatic nitrogens is 4. The molecule has 252 valence electrons. The maximum atomic E-state index is 15.7. The quantitative estimate of drug-likeness (QED) is 0.282. The van der Waals surface area contributed by atoms with Crippen LogP contribution in [0.4, 0.5) is 23.9 Å². The number of hydrogen-bond donors (Lipinski definition) is 2. The maximum Gasteiger partial charge on any atom is 0.410 e. The van der Waals surface area contributed by atoms with E-state index in [1.54, 1.807) is 30.2 Å². The number of alkyl halides is 2. The van der Waals surface area contributed by atoms with Crippen molar-refractivity contribution in [1.29, 1.82) is 0 Å². The fraction of sp³-hybridized carbons (Fsp3) is 0.375. The molecule has 0 bridgehead atoms. The van der Waals surface area contributed by atoms with Gasteiger partial charge >= 0.3 is 18.7 Å². The fourth-order valence-corrected chi connectivity index (χ4v) is 6.09. The highest BCUT2D eigenvalue weighted by Gasteiger charge is 2.42. The van der Waals surface area contributed by atoms with Crippen LogP contribution in [0.1, 0.15) is 61.0 Å². The third kappa shape index (κ3) is 6.16. The number of aromatic carboxylic acids is 1. The first-order chi connectivity index (χ1) is 22.7. The molecule has 2 aliphatic heterocycles. The van der Waals surface area contributed by atoms with Crippen LogP contribution in [0.5, 0.6) is 5.75 Å². The van der Waals surface area contributed by atoms with Gasteiger partial charge in [0.2, 0.25) is 11.9 Å². The number of carbonyl (C=O) groups is 3. The smallest absolute Gasteiger partial charge is 0.410 e. The van der Waals surface area contributed by atoms with Crippen LogP contribution < -0.4 is 15.0 Å². The van der Waals surface area contributed by atoms with Crippen LogP contribution in [0.15, 0.2) is 42.7 Å². The van der Waals surface area contributed by atoms with E-state index in [1.807, 2.05) is 0 Å². The topological polar surface area (TPSA) is 152 Å². The molecule has 6 rings (SSSR count). The molecule has 1 fully saturated rings. The van der Waals surface area contributed by atoms with Crippen molar-refractivity contribution in [2.24, 2.45) is 0 Å². The zero-order valence-electron chi connectivity index (χ0n) is 26.4. The molecule has 0 radical (unpaired) electrons. The number of hydrogen-bond acceptors (Lipinski definition) is 9. The number of anilines is 1. The highest BCUT2D eigenvalue weighted by atomic mass is 19.3. The number of imidazole rings is 1. The summed E-state index contributed by atoms with van der Waals surface area (Å²) in [6, 6.07) is 4.69. The number of rotatable bonds is 7. The SMILES string of the molecule is CN(C(=O)OC(C)(C)C)[C@@H]1CC(c2c(OC(F)F)cccc2C(=O)O)n2c1nc1cc(F)c(-c3cnc(N4CCNC(=O)C4)nc3)cc12. The zero-order valence-corrected chi connectivity index (χ0v) is 26.4. The van der Waals surface area contributed by atoms with Crippen molar-refractivity contribution in [2.75, 3.05) is 31.6 Å². The van der Waals surface area contributed by atoms with E-state index in [0.717, 1.165) is 0 Å². The number of fused-ring (bicyclic) bond motifs is 3. The third-order valence-corrected chi connectivity index (χ3v) is 8.13. The van der Waals surface area contributed by atoms with Gasteiger partial charge in [-0.05, 0) is 39.0 Å². The number of carbonyl (C=O) groups excluding carboxylic acids is 2. The summed E-state index contributed by atoms with van der Waals surface area (Å²) in [6.45, 7) is 2.86. The van der Waals surface area contributed by atoms with Gasteiger partial charge in [-0.3, -0.25) is 4.79 Å². The van der Waals surface area contributed by atoms with Crippen LogP contribution >= 0.6 is 0 Å². The molecule has 2 N–H and O–H groups in total. The molecule has 2 amide bonds. The molecule has 13 nitrogen and oxygen atoms in total. The van der Waals surface area contributed by atoms with Crippen molar-refractivity contribution < 1.29 is 42.1 Å². The number of carboxylic acids is 1. The van der Waals surface area contributed by atoms with E-state index in [0.29, 0.717) is 30.1 Å². The molecule has 0 spiro atoms. The predicted octanol–water partition coefficient (Wildman–Crippen LogP) is 4.77. The Hall–Kier alpha value is -5.41. The van der Waals surface area contributed by atoms with E-state index in [-0.39, 0.29) is 52.7 Å². The highest BCUT2D eigenvalue weighted by molar-refractivity contribution is 5.91. The first-order valence-corrected chi connectivity index (χ1v) is 15.0. The molecule has 16 heteroatoms. The molecular weight excluding hydrogens is 635 g/mol. The van der Waals surface area contributed by atoms with Crippen LogP contribution in [0.2, 0.25) is 0 Å². The molecule has 2 aromatic carbocycles. The average Bonchev–Trinajstić information content (AvgIpc) is 3.56. The molecule has 2 aliphatic rings. The summed E-state index contributed by atoms with van der Waals surface area (Å²) in [4.78, 5) is 53.8. The van der Waals surface area contributed by atoms with Gasteiger partial charge in [-0.1, -0.05) is 6.07 Å². The zero-order chi connectivity index (χ0) is 34.5. The van der Waals surface area contributed by atoms with Gasteiger partial charge in [0.15, 0.2) is 0 Å². The van der Waals surface area contributed by atoms with E-state index < -0.39 is 42.2 Å². The molecule has 2 atom stereocenters. The average molecular weight is 668 g/mol. The number of halogens is 3. The minimum atomic E-state index is -3.25. The Morgan fingerprint density at radius 2 is 1.90 bits per heavy atom. The van der Waals surface area contributed by atoms with Gasteiger partial charge in [-0.15, -0.1) is 0 Å². The number of nitrogens with zero attached hydrogens (tertiary/aromatic N) is 6. The van der Waals surface area contributed by atoms with Crippen molar-refractivity contribution in [3.63, 3.8) is 0 Å². The lowest BCUT2D eigenvalue weighted by Crippen LogP contribution is -2.48. The molecule has 2 aromatic heterocycles. The minimum Gasteiger partial charge on any atom is -0.478 e. The summed E-state index contributed by atoms with van der Waals surface area (Å²) >= 11 is 0. The summed E-state index contributed by atoms with van der Waals surface area (Å²) in [5, 5.41) is 12.8. The fourth-order valence-electron chi connectivity index (χ4n) is 6.09. The Kier molecular flexibility index (Phi) is 8.35. The standard InChI is InChI=1S/C32H32F3N7O6/c1-32(2,3)48-31(46)40(4)23-12-22(26-17(28(44)45)6-5-7-24(26)47-29(34)35)42-21-10-18(19(33)11-20(21)39-27(23)42)16-13-37-30(38-14-16)41-9-8-36-25(43)15-41/h5-7,10-11,13-14,22-23,29H,8-9,12,15H2,1-4H3,(H,36,43)(H,44,45)/t22?,23-/m1/s1. The minimum absolute atomic E-state index is 0.0197. The van der Waals surface area contributed by atoms with Crippen molar-refractivity contribution in [1.82, 2.24) is 29.7 Å². The second-order valence-corrected chi connectivity index (χ2v) is 12.5. The van der Waals surface area contributed by atoms with Gasteiger partial charge in [0, 0.05) is 61.7 Å². The van der Waals surface area contributed by atoms with Gasteiger partial charge in [0.25, 0.3) is 0 Å². The van der Waals surface area contributed by atoms with Crippen molar-refractivity contribution in [3.8, 4) is 16.9 Å². The van der Waals surface area contributed by atoms with E-state index in [1.165, 1.54) is 54.7 Å². The molecule has 4 aromatic rings. The van der Waals surface area contributed by atoms with Gasteiger partial charge in [0.05, 0.1) is 35.2 Å². The van der Waals surface area contributed by atoms with Crippen LogP contribution in [0.25, 0.3) is 22.2 Å². The lowest BCUT2D eigenvalue weighted by Gasteiger charge is -2.28. The molecule has 0 aliphatic carbocycles. The van der Waals surface area contributed by atoms with Crippen LogP contribution in [0, 0.1) is 5.82 Å². The summed E-state index contributed by atoms with van der Waals surface area (Å²) in [6.07, 6.45) is 2.17. The highest BCUT2D eigenvalue weighted by Crippen LogP contribution is 2.48. The molecular formula is C32H32F3N7O6. The third-order valence-electron chi connectivity index (χ3n) is 8.13. The Labute approximate surface area is 272 Å². The molecule has 0 saturated carbocycles.